The van der Waals surface area contributed by atoms with Gasteiger partial charge in [0.2, 0.25) is 0 Å². The normalized spacial score (nSPS) is 17.1. The molecule has 3 nitrogen and oxygen atoms in total. The number of hydrogen-bond acceptors (Lipinski definition) is 4. The average Bonchev–Trinajstić information content (AvgIpc) is 2.97. The molecule has 5 heteroatoms. The number of fused-ring (bicyclic) bond motifs is 1. The highest BCUT2D eigenvalue weighted by Crippen LogP contribution is 2.37. The van der Waals surface area contributed by atoms with Crippen LogP contribution in [0.4, 0.5) is 4.39 Å². The number of halogens is 1. The minimum atomic E-state index is -0.344. The molecule has 1 aromatic heterocycles. The predicted octanol–water partition coefficient (Wildman–Crippen LogP) is 4.53. The molecular formula is C17H21FN2OS. The summed E-state index contributed by atoms with van der Waals surface area (Å²) in [5, 5.41) is 1.24. The fourth-order valence-corrected chi connectivity index (χ4v) is 3.99. The van der Waals surface area contributed by atoms with E-state index < -0.39 is 0 Å². The van der Waals surface area contributed by atoms with Gasteiger partial charge >= 0.3 is 0 Å². The third-order valence-corrected chi connectivity index (χ3v) is 5.24. The Bertz CT molecular complexity index is 662. The maximum atomic E-state index is 13.3. The van der Waals surface area contributed by atoms with Gasteiger partial charge in [0.05, 0.1) is 15.2 Å². The molecule has 3 rings (SSSR count). The smallest absolute Gasteiger partial charge is 0.139 e. The lowest BCUT2D eigenvalue weighted by Gasteiger charge is -2.18. The van der Waals surface area contributed by atoms with Crippen molar-refractivity contribution in [1.82, 2.24) is 4.98 Å². The summed E-state index contributed by atoms with van der Waals surface area (Å²) in [5.41, 5.74) is 6.22. The van der Waals surface area contributed by atoms with Crippen molar-refractivity contribution in [2.24, 2.45) is 5.73 Å². The molecule has 0 bridgehead atoms. The summed E-state index contributed by atoms with van der Waals surface area (Å²) in [5.74, 6) is 0.915. The van der Waals surface area contributed by atoms with Gasteiger partial charge in [-0.2, -0.15) is 0 Å². The van der Waals surface area contributed by atoms with Gasteiger partial charge in [-0.1, -0.05) is 19.3 Å². The second-order valence-corrected chi connectivity index (χ2v) is 6.75. The van der Waals surface area contributed by atoms with Gasteiger partial charge in [-0.15, -0.1) is 11.3 Å². The molecule has 0 unspecified atom stereocenters. The van der Waals surface area contributed by atoms with Crippen LogP contribution in [0.15, 0.2) is 30.1 Å². The first-order valence-electron chi connectivity index (χ1n) is 7.84. The second-order valence-electron chi connectivity index (χ2n) is 5.69. The predicted molar refractivity (Wildman–Crippen MR) is 89.2 cm³/mol. The molecule has 2 N–H and O–H groups in total. The fraction of sp³-hybridized carbons (Fsp3) is 0.471. The minimum Gasteiger partial charge on any atom is -0.486 e. The van der Waals surface area contributed by atoms with Gasteiger partial charge in [0.1, 0.15) is 18.2 Å². The Morgan fingerprint density at radius 1 is 1.36 bits per heavy atom. The number of benzene rings is 1. The first-order valence-corrected chi connectivity index (χ1v) is 8.66. The molecule has 0 aliphatic heterocycles. The van der Waals surface area contributed by atoms with Gasteiger partial charge in [0, 0.05) is 18.5 Å². The summed E-state index contributed by atoms with van der Waals surface area (Å²) in [6.45, 7) is 0.105. The van der Waals surface area contributed by atoms with E-state index in [0.717, 1.165) is 5.52 Å². The average molecular weight is 320 g/mol. The second kappa shape index (κ2) is 7.20. The van der Waals surface area contributed by atoms with Crippen LogP contribution in [0.2, 0.25) is 0 Å². The molecule has 0 atom stereocenters. The van der Waals surface area contributed by atoms with Crippen LogP contribution in [-0.4, -0.2) is 18.1 Å². The highest BCUT2D eigenvalue weighted by atomic mass is 32.1. The van der Waals surface area contributed by atoms with Crippen LogP contribution in [0.25, 0.3) is 10.2 Å². The molecule has 22 heavy (non-hydrogen) atoms. The van der Waals surface area contributed by atoms with Crippen LogP contribution in [0.3, 0.4) is 0 Å². The summed E-state index contributed by atoms with van der Waals surface area (Å²) >= 11 is 1.78. The number of nitrogens with two attached hydrogens (primary N) is 1. The maximum Gasteiger partial charge on any atom is 0.139 e. The third-order valence-electron chi connectivity index (χ3n) is 4.05. The molecule has 0 amide bonds. The highest BCUT2D eigenvalue weighted by Gasteiger charge is 2.19. The summed E-state index contributed by atoms with van der Waals surface area (Å²) in [4.78, 5) is 4.77. The molecule has 1 aliphatic carbocycles. The number of rotatable bonds is 5. The van der Waals surface area contributed by atoms with Crippen molar-refractivity contribution >= 4 is 21.6 Å². The van der Waals surface area contributed by atoms with Crippen LogP contribution in [-0.2, 0) is 0 Å². The Morgan fingerprint density at radius 2 is 2.18 bits per heavy atom. The van der Waals surface area contributed by atoms with E-state index in [-0.39, 0.29) is 19.0 Å². The Balaban J connectivity index is 1.73. The quantitative estimate of drug-likeness (QED) is 0.880. The molecule has 1 aromatic carbocycles. The Kier molecular flexibility index (Phi) is 5.05. The fourth-order valence-electron chi connectivity index (χ4n) is 2.88. The van der Waals surface area contributed by atoms with Crippen molar-refractivity contribution in [2.75, 3.05) is 13.2 Å². The van der Waals surface area contributed by atoms with E-state index in [9.17, 15) is 4.39 Å². The number of aromatic nitrogens is 1. The molecule has 1 fully saturated rings. The van der Waals surface area contributed by atoms with Crippen molar-refractivity contribution in [2.45, 2.75) is 38.0 Å². The zero-order valence-electron chi connectivity index (χ0n) is 12.6. The topological polar surface area (TPSA) is 48.1 Å². The van der Waals surface area contributed by atoms with Gasteiger partial charge in [-0.25, -0.2) is 9.37 Å². The van der Waals surface area contributed by atoms with E-state index in [4.69, 9.17) is 15.5 Å². The molecule has 0 spiro atoms. The summed E-state index contributed by atoms with van der Waals surface area (Å²) < 4.78 is 19.9. The standard InChI is InChI=1S/C17H21FN2OS/c18-13(8-9-19)11-21-14-6-7-16-15(10-14)20-17(22-16)12-4-2-1-3-5-12/h6-8,10,12H,1-5,9,11,19H2. The summed E-state index contributed by atoms with van der Waals surface area (Å²) in [6.07, 6.45) is 7.78. The maximum absolute atomic E-state index is 13.3. The SMILES string of the molecule is NCC=C(F)COc1ccc2sc(C3CCCCC3)nc2c1. The molecule has 0 radical (unpaired) electrons. The largest absolute Gasteiger partial charge is 0.486 e. The van der Waals surface area contributed by atoms with E-state index in [2.05, 4.69) is 0 Å². The van der Waals surface area contributed by atoms with Gasteiger partial charge in [-0.3, -0.25) is 0 Å². The van der Waals surface area contributed by atoms with E-state index >= 15 is 0 Å². The molecule has 1 heterocycles. The molecule has 1 aliphatic rings. The first-order chi connectivity index (χ1) is 10.8. The third kappa shape index (κ3) is 3.65. The van der Waals surface area contributed by atoms with Gasteiger partial charge in [0.15, 0.2) is 0 Å². The van der Waals surface area contributed by atoms with Gasteiger partial charge < -0.3 is 10.5 Å². The van der Waals surface area contributed by atoms with E-state index in [0.29, 0.717) is 11.7 Å². The van der Waals surface area contributed by atoms with Crippen molar-refractivity contribution in [3.8, 4) is 5.75 Å². The number of nitrogens with zero attached hydrogens (tertiary/aromatic N) is 1. The summed E-state index contributed by atoms with van der Waals surface area (Å²) in [6, 6.07) is 5.79. The summed E-state index contributed by atoms with van der Waals surface area (Å²) in [7, 11) is 0. The van der Waals surface area contributed by atoms with Crippen LogP contribution < -0.4 is 10.5 Å². The van der Waals surface area contributed by atoms with Crippen LogP contribution in [0, 0.1) is 0 Å². The lowest BCUT2D eigenvalue weighted by Crippen LogP contribution is -2.03. The van der Waals surface area contributed by atoms with E-state index in [1.807, 2.05) is 18.2 Å². The van der Waals surface area contributed by atoms with Crippen molar-refractivity contribution < 1.29 is 9.13 Å². The molecular weight excluding hydrogens is 299 g/mol. The number of thiazole rings is 1. The van der Waals surface area contributed by atoms with Crippen LogP contribution in [0.1, 0.15) is 43.0 Å². The zero-order valence-corrected chi connectivity index (χ0v) is 13.4. The van der Waals surface area contributed by atoms with Crippen molar-refractivity contribution in [1.29, 1.82) is 0 Å². The number of hydrogen-bond donors (Lipinski definition) is 1. The van der Waals surface area contributed by atoms with E-state index in [1.165, 1.54) is 47.9 Å². The zero-order chi connectivity index (χ0) is 15.4. The molecule has 118 valence electrons. The monoisotopic (exact) mass is 320 g/mol. The minimum absolute atomic E-state index is 0.0810. The lowest BCUT2D eigenvalue weighted by molar-refractivity contribution is 0.318. The Morgan fingerprint density at radius 3 is 2.95 bits per heavy atom. The van der Waals surface area contributed by atoms with Gasteiger partial charge in [0.25, 0.3) is 0 Å². The lowest BCUT2D eigenvalue weighted by atomic mass is 9.90. The van der Waals surface area contributed by atoms with E-state index in [1.54, 1.807) is 11.3 Å². The number of ether oxygens (including phenoxy) is 1. The van der Waals surface area contributed by atoms with Crippen LogP contribution in [0.5, 0.6) is 5.75 Å². The van der Waals surface area contributed by atoms with Crippen molar-refractivity contribution in [3.63, 3.8) is 0 Å². The molecule has 0 saturated heterocycles. The van der Waals surface area contributed by atoms with Crippen molar-refractivity contribution in [3.05, 3.63) is 35.1 Å². The van der Waals surface area contributed by atoms with Gasteiger partial charge in [-0.05, 0) is 31.1 Å². The molecule has 1 saturated carbocycles. The van der Waals surface area contributed by atoms with Crippen LogP contribution >= 0.6 is 11.3 Å². The Labute approximate surface area is 134 Å². The first kappa shape index (κ1) is 15.4. The highest BCUT2D eigenvalue weighted by molar-refractivity contribution is 7.18. The Hall–Kier alpha value is -1.46. The molecule has 2 aromatic rings.